The lowest BCUT2D eigenvalue weighted by atomic mass is 10.0. The van der Waals surface area contributed by atoms with Crippen molar-refractivity contribution in [3.8, 4) is 5.75 Å². The van der Waals surface area contributed by atoms with Gasteiger partial charge < -0.3 is 14.5 Å². The van der Waals surface area contributed by atoms with E-state index in [4.69, 9.17) is 9.15 Å². The number of hydrogen-bond donors (Lipinski definition) is 1. The van der Waals surface area contributed by atoms with Gasteiger partial charge in [-0.15, -0.1) is 0 Å². The van der Waals surface area contributed by atoms with Crippen molar-refractivity contribution in [3.05, 3.63) is 95.7 Å². The number of amides is 1. The minimum atomic E-state index is -0.438. The second-order valence-corrected chi connectivity index (χ2v) is 6.18. The molecule has 5 heteroatoms. The van der Waals surface area contributed by atoms with E-state index < -0.39 is 5.91 Å². The number of ether oxygens (including phenoxy) is 1. The van der Waals surface area contributed by atoms with Crippen LogP contribution in [0.1, 0.15) is 26.5 Å². The molecule has 1 aromatic heterocycles. The van der Waals surface area contributed by atoms with Gasteiger partial charge in [-0.1, -0.05) is 54.6 Å². The van der Waals surface area contributed by atoms with Gasteiger partial charge in [0.1, 0.15) is 0 Å². The SMILES string of the molecule is COc1cccc2cc(C(=O)Nc3ccccc3C(=O)c3ccccc3)oc12. The maximum absolute atomic E-state index is 12.8. The number of furan rings is 1. The number of rotatable bonds is 5. The van der Waals surface area contributed by atoms with Crippen molar-refractivity contribution in [2.75, 3.05) is 12.4 Å². The van der Waals surface area contributed by atoms with Crippen molar-refractivity contribution >= 4 is 28.3 Å². The van der Waals surface area contributed by atoms with Crippen molar-refractivity contribution in [3.63, 3.8) is 0 Å². The van der Waals surface area contributed by atoms with Crippen molar-refractivity contribution in [2.45, 2.75) is 0 Å². The lowest BCUT2D eigenvalue weighted by molar-refractivity contribution is 0.0998. The summed E-state index contributed by atoms with van der Waals surface area (Å²) in [7, 11) is 1.54. The first kappa shape index (κ1) is 17.5. The summed E-state index contributed by atoms with van der Waals surface area (Å²) in [6, 6.07) is 22.9. The van der Waals surface area contributed by atoms with E-state index in [0.717, 1.165) is 5.39 Å². The third-order valence-corrected chi connectivity index (χ3v) is 4.41. The fourth-order valence-electron chi connectivity index (χ4n) is 3.03. The minimum absolute atomic E-state index is 0.140. The molecule has 0 aliphatic rings. The summed E-state index contributed by atoms with van der Waals surface area (Å²) in [6.45, 7) is 0. The zero-order valence-electron chi connectivity index (χ0n) is 15.1. The Labute approximate surface area is 161 Å². The van der Waals surface area contributed by atoms with E-state index in [9.17, 15) is 9.59 Å². The number of carbonyl (C=O) groups excluding carboxylic acids is 2. The molecule has 0 saturated heterocycles. The average Bonchev–Trinajstić information content (AvgIpc) is 3.19. The fourth-order valence-corrected chi connectivity index (χ4v) is 3.03. The predicted octanol–water partition coefficient (Wildman–Crippen LogP) is 4.92. The van der Waals surface area contributed by atoms with E-state index in [1.807, 2.05) is 18.2 Å². The molecule has 0 saturated carbocycles. The summed E-state index contributed by atoms with van der Waals surface area (Å²) in [6.07, 6.45) is 0. The van der Waals surface area contributed by atoms with Crippen LogP contribution in [0.25, 0.3) is 11.0 Å². The Balaban J connectivity index is 1.65. The zero-order chi connectivity index (χ0) is 19.5. The summed E-state index contributed by atoms with van der Waals surface area (Å²) < 4.78 is 11.0. The minimum Gasteiger partial charge on any atom is -0.493 e. The molecule has 28 heavy (non-hydrogen) atoms. The number of methoxy groups -OCH3 is 1. The van der Waals surface area contributed by atoms with Gasteiger partial charge in [-0.05, 0) is 24.3 Å². The maximum atomic E-state index is 12.8. The highest BCUT2D eigenvalue weighted by molar-refractivity contribution is 6.15. The molecule has 1 amide bonds. The van der Waals surface area contributed by atoms with Crippen molar-refractivity contribution in [1.82, 2.24) is 0 Å². The third-order valence-electron chi connectivity index (χ3n) is 4.41. The van der Waals surface area contributed by atoms with Gasteiger partial charge in [0.05, 0.1) is 12.8 Å². The Hall–Kier alpha value is -3.86. The molecule has 3 aromatic carbocycles. The van der Waals surface area contributed by atoms with Crippen LogP contribution in [0.2, 0.25) is 0 Å². The molecule has 0 atom stereocenters. The first-order chi connectivity index (χ1) is 13.7. The molecule has 4 aromatic rings. The van der Waals surface area contributed by atoms with Crippen LogP contribution in [0.5, 0.6) is 5.75 Å². The molecule has 0 fully saturated rings. The highest BCUT2D eigenvalue weighted by Gasteiger charge is 2.18. The Morgan fingerprint density at radius 3 is 2.43 bits per heavy atom. The average molecular weight is 371 g/mol. The lowest BCUT2D eigenvalue weighted by Gasteiger charge is -2.09. The number of para-hydroxylation sites is 2. The molecule has 4 rings (SSSR count). The van der Waals surface area contributed by atoms with Gasteiger partial charge >= 0.3 is 0 Å². The number of fused-ring (bicyclic) bond motifs is 1. The molecule has 0 bridgehead atoms. The van der Waals surface area contributed by atoms with Crippen LogP contribution in [-0.4, -0.2) is 18.8 Å². The predicted molar refractivity (Wildman–Crippen MR) is 107 cm³/mol. The van der Waals surface area contributed by atoms with Crippen LogP contribution >= 0.6 is 0 Å². The largest absolute Gasteiger partial charge is 0.493 e. The molecular formula is C23H17NO4. The summed E-state index contributed by atoms with van der Waals surface area (Å²) in [4.78, 5) is 25.6. The van der Waals surface area contributed by atoms with Gasteiger partial charge in [-0.3, -0.25) is 9.59 Å². The number of ketones is 1. The van der Waals surface area contributed by atoms with Crippen LogP contribution in [0.15, 0.2) is 83.3 Å². The van der Waals surface area contributed by atoms with Gasteiger partial charge in [0.2, 0.25) is 0 Å². The molecule has 0 aliphatic heterocycles. The Morgan fingerprint density at radius 2 is 1.64 bits per heavy atom. The first-order valence-corrected chi connectivity index (χ1v) is 8.74. The quantitative estimate of drug-likeness (QED) is 0.505. The first-order valence-electron chi connectivity index (χ1n) is 8.74. The summed E-state index contributed by atoms with van der Waals surface area (Å²) >= 11 is 0. The standard InChI is InChI=1S/C23H17NO4/c1-27-19-13-7-10-16-14-20(28-22(16)19)23(26)24-18-12-6-5-11-17(18)21(25)15-8-3-2-4-9-15/h2-14H,1H3,(H,24,26). The highest BCUT2D eigenvalue weighted by atomic mass is 16.5. The fraction of sp³-hybridized carbons (Fsp3) is 0.0435. The molecule has 138 valence electrons. The molecule has 5 nitrogen and oxygen atoms in total. The second kappa shape index (κ2) is 7.40. The van der Waals surface area contributed by atoms with Crippen LogP contribution < -0.4 is 10.1 Å². The Kier molecular flexibility index (Phi) is 4.64. The van der Waals surface area contributed by atoms with Crippen molar-refractivity contribution < 1.29 is 18.7 Å². The normalized spacial score (nSPS) is 10.6. The topological polar surface area (TPSA) is 68.5 Å². The molecule has 1 heterocycles. The number of nitrogens with one attached hydrogen (secondary N) is 1. The van der Waals surface area contributed by atoms with Gasteiger partial charge in [0, 0.05) is 16.5 Å². The van der Waals surface area contributed by atoms with Gasteiger partial charge in [-0.25, -0.2) is 0 Å². The van der Waals surface area contributed by atoms with Gasteiger partial charge in [0.25, 0.3) is 5.91 Å². The summed E-state index contributed by atoms with van der Waals surface area (Å²) in [5, 5.41) is 3.54. The van der Waals surface area contributed by atoms with Crippen LogP contribution in [0.3, 0.4) is 0 Å². The Bertz CT molecular complexity index is 1160. The van der Waals surface area contributed by atoms with Gasteiger partial charge in [0.15, 0.2) is 22.9 Å². The third kappa shape index (κ3) is 3.25. The van der Waals surface area contributed by atoms with Crippen molar-refractivity contribution in [1.29, 1.82) is 0 Å². The van der Waals surface area contributed by atoms with E-state index in [0.29, 0.717) is 28.1 Å². The van der Waals surface area contributed by atoms with E-state index in [2.05, 4.69) is 5.32 Å². The molecule has 0 radical (unpaired) electrons. The maximum Gasteiger partial charge on any atom is 0.291 e. The summed E-state index contributed by atoms with van der Waals surface area (Å²) in [5.74, 6) is 0.0898. The molecule has 0 aliphatic carbocycles. The lowest BCUT2D eigenvalue weighted by Crippen LogP contribution is -2.14. The van der Waals surface area contributed by atoms with E-state index >= 15 is 0 Å². The summed E-state index contributed by atoms with van der Waals surface area (Å²) in [5.41, 5.74) is 1.89. The van der Waals surface area contributed by atoms with E-state index in [1.165, 1.54) is 0 Å². The highest BCUT2D eigenvalue weighted by Crippen LogP contribution is 2.29. The van der Waals surface area contributed by atoms with E-state index in [-0.39, 0.29) is 11.5 Å². The van der Waals surface area contributed by atoms with Crippen LogP contribution in [-0.2, 0) is 0 Å². The molecular weight excluding hydrogens is 354 g/mol. The molecule has 1 N–H and O–H groups in total. The molecule has 0 spiro atoms. The number of carbonyl (C=O) groups is 2. The second-order valence-electron chi connectivity index (χ2n) is 6.18. The van der Waals surface area contributed by atoms with E-state index in [1.54, 1.807) is 67.8 Å². The number of benzene rings is 3. The van der Waals surface area contributed by atoms with Crippen molar-refractivity contribution in [2.24, 2.45) is 0 Å². The monoisotopic (exact) mass is 371 g/mol. The smallest absolute Gasteiger partial charge is 0.291 e. The van der Waals surface area contributed by atoms with Gasteiger partial charge in [-0.2, -0.15) is 0 Å². The van der Waals surface area contributed by atoms with Crippen LogP contribution in [0.4, 0.5) is 5.69 Å². The zero-order valence-corrected chi connectivity index (χ0v) is 15.1. The molecule has 0 unspecified atom stereocenters. The Morgan fingerprint density at radius 1 is 0.893 bits per heavy atom. The number of anilines is 1. The number of hydrogen-bond acceptors (Lipinski definition) is 4. The van der Waals surface area contributed by atoms with Crippen LogP contribution in [0, 0.1) is 0 Å².